The van der Waals surface area contributed by atoms with E-state index in [1.165, 1.54) is 17.7 Å². The summed E-state index contributed by atoms with van der Waals surface area (Å²) in [6.45, 7) is 1.71. The fraction of sp³-hybridized carbons (Fsp3) is 0.294. The number of hydrogen-bond acceptors (Lipinski definition) is 0. The van der Waals surface area contributed by atoms with Crippen molar-refractivity contribution in [2.24, 2.45) is 0 Å². The molecule has 112 valence electrons. The van der Waals surface area contributed by atoms with Crippen molar-refractivity contribution in [2.75, 3.05) is 5.83 Å². The van der Waals surface area contributed by atoms with Gasteiger partial charge in [0, 0.05) is 5.92 Å². The molecule has 0 saturated carbocycles. The first kappa shape index (κ1) is 16.1. The monoisotopic (exact) mass is 356 g/mol. The first-order valence-electron chi connectivity index (χ1n) is 6.59. The molecule has 3 rings (SSSR count). The Kier molecular flexibility index (Phi) is 4.77. The minimum atomic E-state index is -4.27. The van der Waals surface area contributed by atoms with Crippen LogP contribution in [0, 0.1) is 6.92 Å². The zero-order valence-electron chi connectivity index (χ0n) is 11.8. The van der Waals surface area contributed by atoms with E-state index in [2.05, 4.69) is 15.9 Å². The molecule has 1 aliphatic rings. The van der Waals surface area contributed by atoms with Crippen LogP contribution in [0.3, 0.4) is 0 Å². The van der Waals surface area contributed by atoms with Crippen LogP contribution in [-0.2, 0) is 12.6 Å². The molecule has 0 saturated heterocycles. The van der Waals surface area contributed by atoms with E-state index in [4.69, 9.17) is 0 Å². The van der Waals surface area contributed by atoms with Gasteiger partial charge in [-0.3, -0.25) is 0 Å². The average Bonchev–Trinajstić information content (AvgIpc) is 2.41. The van der Waals surface area contributed by atoms with Crippen molar-refractivity contribution < 1.29 is 13.2 Å². The fourth-order valence-electron chi connectivity index (χ4n) is 2.73. The maximum atomic E-state index is 12.8. The van der Waals surface area contributed by atoms with Crippen LogP contribution < -0.4 is 0 Å². The number of aryl methyl sites for hydroxylation is 1. The highest BCUT2D eigenvalue weighted by Gasteiger charge is 2.33. The third-order valence-electron chi connectivity index (χ3n) is 3.68. The number of fused-ring (bicyclic) bond motifs is 1. The number of alkyl halides is 4. The Labute approximate surface area is 131 Å². The highest BCUT2D eigenvalue weighted by atomic mass is 79.9. The predicted molar refractivity (Wildman–Crippen MR) is 83.0 cm³/mol. The molecule has 1 aliphatic carbocycles. The lowest BCUT2D eigenvalue weighted by atomic mass is 9.73. The van der Waals surface area contributed by atoms with Crippen molar-refractivity contribution in [1.29, 1.82) is 0 Å². The zero-order valence-corrected chi connectivity index (χ0v) is 13.4. The van der Waals surface area contributed by atoms with Gasteiger partial charge in [-0.15, -0.1) is 0 Å². The highest BCUT2D eigenvalue weighted by Crippen LogP contribution is 2.41. The molecular formula is C17H16BrF3. The van der Waals surface area contributed by atoms with E-state index in [1.807, 2.05) is 36.2 Å². The second-order valence-corrected chi connectivity index (χ2v) is 5.09. The van der Waals surface area contributed by atoms with E-state index in [0.717, 1.165) is 17.5 Å². The summed E-state index contributed by atoms with van der Waals surface area (Å²) in [6, 6.07) is 12.3. The van der Waals surface area contributed by atoms with E-state index in [9.17, 15) is 13.2 Å². The molecule has 4 heteroatoms. The molecule has 21 heavy (non-hydrogen) atoms. The van der Waals surface area contributed by atoms with Gasteiger partial charge in [0.1, 0.15) is 0 Å². The summed E-state index contributed by atoms with van der Waals surface area (Å²) < 4.78 is 38.5. The summed E-state index contributed by atoms with van der Waals surface area (Å²) in [5.41, 5.74) is 3.27. The summed E-state index contributed by atoms with van der Waals surface area (Å²) in [4.78, 5) is 0. The molecule has 0 fully saturated rings. The van der Waals surface area contributed by atoms with Crippen molar-refractivity contribution in [3.8, 4) is 0 Å². The average molecular weight is 357 g/mol. The number of halogens is 4. The molecule has 0 nitrogen and oxygen atoms in total. The van der Waals surface area contributed by atoms with Crippen LogP contribution in [0.2, 0.25) is 0 Å². The van der Waals surface area contributed by atoms with Gasteiger partial charge >= 0.3 is 6.18 Å². The second kappa shape index (κ2) is 6.22. The summed E-state index contributed by atoms with van der Waals surface area (Å²) in [7, 11) is 0. The van der Waals surface area contributed by atoms with Gasteiger partial charge in [-0.2, -0.15) is 13.2 Å². The highest BCUT2D eigenvalue weighted by molar-refractivity contribution is 9.08. The van der Waals surface area contributed by atoms with Gasteiger partial charge in [0.25, 0.3) is 0 Å². The quantitative estimate of drug-likeness (QED) is 0.573. The molecule has 0 radical (unpaired) electrons. The molecule has 2 aromatic carbocycles. The van der Waals surface area contributed by atoms with Gasteiger partial charge in [-0.05, 0) is 48.0 Å². The van der Waals surface area contributed by atoms with Crippen molar-refractivity contribution in [1.82, 2.24) is 0 Å². The molecule has 1 atom stereocenters. The standard InChI is InChI=1S/C16H13F3.CH3Br/c1-10-6-12(8-13(7-10)16(17,18)19)15-9-11-4-2-3-5-14(11)15;1-2/h2-8,15H,9H2,1H3;1H3. The molecule has 1 unspecified atom stereocenters. The summed E-state index contributed by atoms with van der Waals surface area (Å²) in [5, 5.41) is 0. The molecule has 0 aromatic heterocycles. The van der Waals surface area contributed by atoms with Crippen LogP contribution in [0.4, 0.5) is 13.2 Å². The Morgan fingerprint density at radius 3 is 2.33 bits per heavy atom. The third-order valence-corrected chi connectivity index (χ3v) is 3.68. The van der Waals surface area contributed by atoms with Crippen molar-refractivity contribution in [3.63, 3.8) is 0 Å². The van der Waals surface area contributed by atoms with Gasteiger partial charge in [0.2, 0.25) is 0 Å². The SMILES string of the molecule is CBr.Cc1cc(C2Cc3ccccc32)cc(C(F)(F)F)c1. The smallest absolute Gasteiger partial charge is 0.166 e. The lowest BCUT2D eigenvalue weighted by molar-refractivity contribution is -0.137. The van der Waals surface area contributed by atoms with E-state index in [-0.39, 0.29) is 5.92 Å². The Bertz CT molecular complexity index is 632. The zero-order chi connectivity index (χ0) is 15.6. The fourth-order valence-corrected chi connectivity index (χ4v) is 2.73. The van der Waals surface area contributed by atoms with Gasteiger partial charge in [0.05, 0.1) is 5.56 Å². The second-order valence-electron chi connectivity index (χ2n) is 5.09. The van der Waals surface area contributed by atoms with Crippen LogP contribution >= 0.6 is 15.9 Å². The van der Waals surface area contributed by atoms with Crippen molar-refractivity contribution in [3.05, 3.63) is 70.3 Å². The maximum Gasteiger partial charge on any atom is 0.416 e. The van der Waals surface area contributed by atoms with Gasteiger partial charge < -0.3 is 0 Å². The maximum absolute atomic E-state index is 12.8. The van der Waals surface area contributed by atoms with E-state index < -0.39 is 11.7 Å². The number of rotatable bonds is 1. The topological polar surface area (TPSA) is 0 Å². The van der Waals surface area contributed by atoms with Crippen LogP contribution in [-0.4, -0.2) is 5.83 Å². The van der Waals surface area contributed by atoms with Crippen LogP contribution in [0.1, 0.15) is 33.7 Å². The minimum absolute atomic E-state index is 0.109. The molecule has 0 amide bonds. The molecule has 0 spiro atoms. The van der Waals surface area contributed by atoms with E-state index in [0.29, 0.717) is 5.56 Å². The number of benzene rings is 2. The molecule has 0 heterocycles. The first-order valence-corrected chi connectivity index (χ1v) is 8.18. The summed E-state index contributed by atoms with van der Waals surface area (Å²) in [6.07, 6.45) is -3.44. The molecule has 0 N–H and O–H groups in total. The molecule has 0 bridgehead atoms. The first-order chi connectivity index (χ1) is 9.95. The van der Waals surface area contributed by atoms with E-state index >= 15 is 0 Å². The van der Waals surface area contributed by atoms with Crippen LogP contribution in [0.5, 0.6) is 0 Å². The van der Waals surface area contributed by atoms with Gasteiger partial charge in [-0.1, -0.05) is 51.8 Å². The van der Waals surface area contributed by atoms with Crippen molar-refractivity contribution in [2.45, 2.75) is 25.4 Å². The minimum Gasteiger partial charge on any atom is -0.166 e. The third kappa shape index (κ3) is 3.31. The molecular weight excluding hydrogens is 341 g/mol. The lowest BCUT2D eigenvalue weighted by Gasteiger charge is -2.31. The Balaban J connectivity index is 0.000000774. The van der Waals surface area contributed by atoms with Crippen molar-refractivity contribution >= 4 is 15.9 Å². The normalized spacial score (nSPS) is 16.4. The number of hydrogen-bond donors (Lipinski definition) is 0. The Morgan fingerprint density at radius 2 is 1.71 bits per heavy atom. The Morgan fingerprint density at radius 1 is 1.05 bits per heavy atom. The van der Waals surface area contributed by atoms with E-state index in [1.54, 1.807) is 6.92 Å². The molecule has 0 aliphatic heterocycles. The summed E-state index contributed by atoms with van der Waals surface area (Å²) in [5.74, 6) is 1.92. The predicted octanol–water partition coefficient (Wildman–Crippen LogP) is 5.71. The largest absolute Gasteiger partial charge is 0.416 e. The Hall–Kier alpha value is -1.29. The molecule has 2 aromatic rings. The van der Waals surface area contributed by atoms with Gasteiger partial charge in [0.15, 0.2) is 0 Å². The lowest BCUT2D eigenvalue weighted by Crippen LogP contribution is -2.19. The van der Waals surface area contributed by atoms with Crippen LogP contribution in [0.15, 0.2) is 42.5 Å². The van der Waals surface area contributed by atoms with Gasteiger partial charge in [-0.25, -0.2) is 0 Å². The summed E-state index contributed by atoms with van der Waals surface area (Å²) >= 11 is 2.94. The van der Waals surface area contributed by atoms with Crippen LogP contribution in [0.25, 0.3) is 0 Å².